The fourth-order valence-corrected chi connectivity index (χ4v) is 2.55. The second kappa shape index (κ2) is 6.09. The predicted molar refractivity (Wildman–Crippen MR) is 79.2 cm³/mol. The number of pyridine rings is 1. The van der Waals surface area contributed by atoms with E-state index in [1.807, 2.05) is 40.1 Å². The van der Waals surface area contributed by atoms with Crippen molar-refractivity contribution in [3.8, 4) is 5.75 Å². The molecule has 108 valence electrons. The third kappa shape index (κ3) is 2.70. The second-order valence-electron chi connectivity index (χ2n) is 4.86. The Labute approximate surface area is 120 Å². The maximum absolute atomic E-state index is 5.74. The average Bonchev–Trinajstić information content (AvgIpc) is 2.67. The standard InChI is InChI=1S/C16H22N2O2/c1-6-19-14-7-13(8-18-9-14)16(17-5)15-10(2)11(3)20-12(15)4/h7-9,16-17H,6H2,1-5H3. The molecule has 2 heterocycles. The summed E-state index contributed by atoms with van der Waals surface area (Å²) in [6, 6.07) is 2.08. The van der Waals surface area contributed by atoms with Crippen molar-refractivity contribution in [1.82, 2.24) is 10.3 Å². The summed E-state index contributed by atoms with van der Waals surface area (Å²) in [7, 11) is 1.94. The summed E-state index contributed by atoms with van der Waals surface area (Å²) in [5, 5.41) is 3.34. The molecule has 2 aromatic heterocycles. The molecule has 0 saturated heterocycles. The van der Waals surface area contributed by atoms with Crippen molar-refractivity contribution in [2.75, 3.05) is 13.7 Å². The number of hydrogen-bond acceptors (Lipinski definition) is 4. The molecule has 0 spiro atoms. The first-order chi connectivity index (χ1) is 9.58. The molecule has 0 aromatic carbocycles. The fraction of sp³-hybridized carbons (Fsp3) is 0.438. The molecule has 4 heteroatoms. The Kier molecular flexibility index (Phi) is 4.45. The summed E-state index contributed by atoms with van der Waals surface area (Å²) in [5.74, 6) is 2.70. The summed E-state index contributed by atoms with van der Waals surface area (Å²) in [6.07, 6.45) is 3.60. The Balaban J connectivity index is 2.44. The first-order valence-electron chi connectivity index (χ1n) is 6.90. The smallest absolute Gasteiger partial charge is 0.137 e. The van der Waals surface area contributed by atoms with Gasteiger partial charge in [-0.15, -0.1) is 0 Å². The minimum Gasteiger partial charge on any atom is -0.492 e. The minimum absolute atomic E-state index is 0.0559. The number of rotatable bonds is 5. The molecule has 0 amide bonds. The van der Waals surface area contributed by atoms with Crippen LogP contribution in [0, 0.1) is 20.8 Å². The van der Waals surface area contributed by atoms with Crippen molar-refractivity contribution >= 4 is 0 Å². The van der Waals surface area contributed by atoms with Gasteiger partial charge in [0.05, 0.1) is 18.8 Å². The largest absolute Gasteiger partial charge is 0.492 e. The highest BCUT2D eigenvalue weighted by molar-refractivity contribution is 5.41. The van der Waals surface area contributed by atoms with Crippen LogP contribution < -0.4 is 10.1 Å². The molecule has 1 unspecified atom stereocenters. The molecular formula is C16H22N2O2. The van der Waals surface area contributed by atoms with Crippen molar-refractivity contribution in [3.63, 3.8) is 0 Å². The number of furan rings is 1. The number of nitrogens with zero attached hydrogens (tertiary/aromatic N) is 1. The molecule has 1 N–H and O–H groups in total. The normalized spacial score (nSPS) is 12.4. The van der Waals surface area contributed by atoms with Crippen LogP contribution in [0.15, 0.2) is 22.9 Å². The van der Waals surface area contributed by atoms with Crippen LogP contribution in [-0.4, -0.2) is 18.6 Å². The maximum Gasteiger partial charge on any atom is 0.137 e. The summed E-state index contributed by atoms with van der Waals surface area (Å²) in [4.78, 5) is 4.27. The van der Waals surface area contributed by atoms with Gasteiger partial charge in [-0.25, -0.2) is 0 Å². The molecule has 20 heavy (non-hydrogen) atoms. The zero-order valence-electron chi connectivity index (χ0n) is 12.8. The Morgan fingerprint density at radius 1 is 1.25 bits per heavy atom. The first-order valence-corrected chi connectivity index (χ1v) is 6.90. The van der Waals surface area contributed by atoms with E-state index in [1.54, 1.807) is 6.20 Å². The van der Waals surface area contributed by atoms with Crippen LogP contribution in [0.2, 0.25) is 0 Å². The highest BCUT2D eigenvalue weighted by Crippen LogP contribution is 2.32. The Morgan fingerprint density at radius 3 is 2.55 bits per heavy atom. The van der Waals surface area contributed by atoms with E-state index in [2.05, 4.69) is 17.2 Å². The minimum atomic E-state index is 0.0559. The van der Waals surface area contributed by atoms with E-state index in [4.69, 9.17) is 9.15 Å². The van der Waals surface area contributed by atoms with E-state index in [0.717, 1.165) is 22.8 Å². The van der Waals surface area contributed by atoms with Gasteiger partial charge >= 0.3 is 0 Å². The van der Waals surface area contributed by atoms with Gasteiger partial charge in [-0.05, 0) is 51.9 Å². The van der Waals surface area contributed by atoms with E-state index in [9.17, 15) is 0 Å². The summed E-state index contributed by atoms with van der Waals surface area (Å²) in [5.41, 5.74) is 3.44. The van der Waals surface area contributed by atoms with Crippen molar-refractivity contribution < 1.29 is 9.15 Å². The van der Waals surface area contributed by atoms with Crippen LogP contribution in [0.1, 0.15) is 41.2 Å². The molecule has 1 atom stereocenters. The first kappa shape index (κ1) is 14.6. The Bertz CT molecular complexity index is 590. The predicted octanol–water partition coefficient (Wildman–Crippen LogP) is 3.31. The van der Waals surface area contributed by atoms with Crippen LogP contribution in [0.25, 0.3) is 0 Å². The number of hydrogen-bond donors (Lipinski definition) is 1. The lowest BCUT2D eigenvalue weighted by Gasteiger charge is -2.18. The van der Waals surface area contributed by atoms with E-state index >= 15 is 0 Å². The van der Waals surface area contributed by atoms with Crippen molar-refractivity contribution in [2.45, 2.75) is 33.7 Å². The molecule has 0 radical (unpaired) electrons. The average molecular weight is 274 g/mol. The van der Waals surface area contributed by atoms with Crippen molar-refractivity contribution in [1.29, 1.82) is 0 Å². The molecule has 0 aliphatic rings. The van der Waals surface area contributed by atoms with Gasteiger partial charge in [-0.1, -0.05) is 0 Å². The zero-order valence-corrected chi connectivity index (χ0v) is 12.8. The van der Waals surface area contributed by atoms with Crippen molar-refractivity contribution in [3.05, 3.63) is 46.7 Å². The fourth-order valence-electron chi connectivity index (χ4n) is 2.55. The quantitative estimate of drug-likeness (QED) is 0.908. The third-order valence-corrected chi connectivity index (χ3v) is 3.57. The van der Waals surface area contributed by atoms with Gasteiger partial charge in [0.2, 0.25) is 0 Å². The highest BCUT2D eigenvalue weighted by Gasteiger charge is 2.22. The Morgan fingerprint density at radius 2 is 2.00 bits per heavy atom. The third-order valence-electron chi connectivity index (χ3n) is 3.57. The molecule has 0 saturated carbocycles. The molecule has 0 bridgehead atoms. The number of nitrogens with one attached hydrogen (secondary N) is 1. The van der Waals surface area contributed by atoms with Crippen LogP contribution in [-0.2, 0) is 0 Å². The SMILES string of the molecule is CCOc1cncc(C(NC)c2c(C)oc(C)c2C)c1. The number of ether oxygens (including phenoxy) is 1. The van der Waals surface area contributed by atoms with Gasteiger partial charge in [0.15, 0.2) is 0 Å². The molecule has 2 aromatic rings. The van der Waals surface area contributed by atoms with E-state index in [0.29, 0.717) is 6.61 Å². The molecule has 0 aliphatic heterocycles. The van der Waals surface area contributed by atoms with Gasteiger partial charge in [0.1, 0.15) is 17.3 Å². The van der Waals surface area contributed by atoms with Crippen LogP contribution in [0.4, 0.5) is 0 Å². The molecule has 0 fully saturated rings. The summed E-state index contributed by atoms with van der Waals surface area (Å²) in [6.45, 7) is 8.69. The molecule has 2 rings (SSSR count). The molecular weight excluding hydrogens is 252 g/mol. The topological polar surface area (TPSA) is 47.3 Å². The van der Waals surface area contributed by atoms with E-state index in [1.165, 1.54) is 11.1 Å². The lowest BCUT2D eigenvalue weighted by Crippen LogP contribution is -2.19. The van der Waals surface area contributed by atoms with Gasteiger partial charge < -0.3 is 14.5 Å². The maximum atomic E-state index is 5.74. The van der Waals surface area contributed by atoms with Gasteiger partial charge in [0, 0.05) is 11.8 Å². The van der Waals surface area contributed by atoms with Gasteiger partial charge in [-0.3, -0.25) is 4.98 Å². The Hall–Kier alpha value is -1.81. The van der Waals surface area contributed by atoms with E-state index < -0.39 is 0 Å². The second-order valence-corrected chi connectivity index (χ2v) is 4.86. The van der Waals surface area contributed by atoms with Crippen LogP contribution in [0.3, 0.4) is 0 Å². The van der Waals surface area contributed by atoms with Crippen molar-refractivity contribution in [2.24, 2.45) is 0 Å². The lowest BCUT2D eigenvalue weighted by molar-refractivity contribution is 0.338. The zero-order chi connectivity index (χ0) is 14.7. The molecule has 0 aliphatic carbocycles. The summed E-state index contributed by atoms with van der Waals surface area (Å²) >= 11 is 0. The van der Waals surface area contributed by atoms with Crippen LogP contribution in [0.5, 0.6) is 5.75 Å². The van der Waals surface area contributed by atoms with E-state index in [-0.39, 0.29) is 6.04 Å². The lowest BCUT2D eigenvalue weighted by atomic mass is 9.96. The monoisotopic (exact) mass is 274 g/mol. The summed E-state index contributed by atoms with van der Waals surface area (Å²) < 4.78 is 11.3. The molecule has 4 nitrogen and oxygen atoms in total. The van der Waals surface area contributed by atoms with Gasteiger partial charge in [-0.2, -0.15) is 0 Å². The number of aromatic nitrogens is 1. The van der Waals surface area contributed by atoms with Gasteiger partial charge in [0.25, 0.3) is 0 Å². The number of aryl methyl sites for hydroxylation is 2. The van der Waals surface area contributed by atoms with Crippen LogP contribution >= 0.6 is 0 Å². The highest BCUT2D eigenvalue weighted by atomic mass is 16.5.